The molecule has 0 aliphatic heterocycles. The maximum absolute atomic E-state index is 12.3. The van der Waals surface area contributed by atoms with E-state index in [-0.39, 0.29) is 5.56 Å². The molecule has 3 heterocycles. The maximum atomic E-state index is 12.3. The molecule has 0 aliphatic carbocycles. The fourth-order valence-corrected chi connectivity index (χ4v) is 3.07. The molecule has 0 spiro atoms. The van der Waals surface area contributed by atoms with Crippen molar-refractivity contribution in [3.8, 4) is 11.4 Å². The first-order chi connectivity index (χ1) is 10.7. The van der Waals surface area contributed by atoms with Crippen molar-refractivity contribution in [2.45, 2.75) is 0 Å². The van der Waals surface area contributed by atoms with E-state index < -0.39 is 0 Å². The molecule has 0 amide bonds. The van der Waals surface area contributed by atoms with Crippen LogP contribution in [0.4, 0.5) is 0 Å². The second-order valence-electron chi connectivity index (χ2n) is 4.57. The quantitative estimate of drug-likeness (QED) is 0.567. The van der Waals surface area contributed by atoms with E-state index in [1.54, 1.807) is 36.6 Å². The molecular formula is C15H8ClN3O2S. The summed E-state index contributed by atoms with van der Waals surface area (Å²) in [5.74, 6) is 1.13. The molecule has 3 aromatic heterocycles. The lowest BCUT2D eigenvalue weighted by Gasteiger charge is -1.93. The van der Waals surface area contributed by atoms with E-state index >= 15 is 0 Å². The van der Waals surface area contributed by atoms with Gasteiger partial charge in [-0.1, -0.05) is 22.9 Å². The van der Waals surface area contributed by atoms with Gasteiger partial charge in [0.25, 0.3) is 5.56 Å². The van der Waals surface area contributed by atoms with Crippen LogP contribution >= 0.6 is 22.9 Å². The van der Waals surface area contributed by atoms with E-state index in [1.807, 2.05) is 12.1 Å². The van der Waals surface area contributed by atoms with Crippen LogP contribution in [-0.4, -0.2) is 14.6 Å². The molecule has 7 heteroatoms. The third-order valence-corrected chi connectivity index (χ3v) is 4.31. The van der Waals surface area contributed by atoms with E-state index in [0.29, 0.717) is 26.1 Å². The monoisotopic (exact) mass is 329 g/mol. The topological polar surface area (TPSA) is 60.4 Å². The second kappa shape index (κ2) is 5.08. The highest BCUT2D eigenvalue weighted by molar-refractivity contribution is 7.15. The van der Waals surface area contributed by atoms with Crippen LogP contribution in [0.2, 0.25) is 5.02 Å². The van der Waals surface area contributed by atoms with Crippen molar-refractivity contribution in [1.82, 2.24) is 14.6 Å². The SMILES string of the molecule is O=c1/c(=C\c2ccco2)sc2nc(-c3ccc(Cl)cc3)nn12. The van der Waals surface area contributed by atoms with Crippen molar-refractivity contribution in [1.29, 1.82) is 0 Å². The van der Waals surface area contributed by atoms with Gasteiger partial charge in [0.2, 0.25) is 4.96 Å². The first-order valence-electron chi connectivity index (χ1n) is 6.41. The molecule has 0 unspecified atom stereocenters. The van der Waals surface area contributed by atoms with Gasteiger partial charge in [0.05, 0.1) is 6.26 Å². The number of rotatable bonds is 2. The Kier molecular flexibility index (Phi) is 3.06. The van der Waals surface area contributed by atoms with Gasteiger partial charge in [-0.2, -0.15) is 9.50 Å². The minimum absolute atomic E-state index is 0.205. The largest absolute Gasteiger partial charge is 0.465 e. The van der Waals surface area contributed by atoms with Crippen molar-refractivity contribution in [3.05, 3.63) is 68.3 Å². The maximum Gasteiger partial charge on any atom is 0.291 e. The highest BCUT2D eigenvalue weighted by Crippen LogP contribution is 2.19. The van der Waals surface area contributed by atoms with Crippen LogP contribution in [0.15, 0.2) is 51.9 Å². The predicted molar refractivity (Wildman–Crippen MR) is 85.1 cm³/mol. The molecule has 0 fully saturated rings. The molecule has 0 bridgehead atoms. The van der Waals surface area contributed by atoms with E-state index in [9.17, 15) is 4.79 Å². The third-order valence-electron chi connectivity index (χ3n) is 3.10. The Morgan fingerprint density at radius 3 is 2.73 bits per heavy atom. The normalized spacial score (nSPS) is 12.3. The fourth-order valence-electron chi connectivity index (χ4n) is 2.06. The molecule has 1 aromatic carbocycles. The van der Waals surface area contributed by atoms with Crippen molar-refractivity contribution in [2.24, 2.45) is 0 Å². The standard InChI is InChI=1S/C15H8ClN3O2S/c16-10-5-3-9(4-6-10)13-17-15-19(18-13)14(20)12(22-15)8-11-2-1-7-21-11/h1-8H/b12-8+. The molecule has 0 N–H and O–H groups in total. The molecule has 0 radical (unpaired) electrons. The lowest BCUT2D eigenvalue weighted by atomic mass is 10.2. The van der Waals surface area contributed by atoms with Crippen molar-refractivity contribution >= 4 is 34.0 Å². The molecule has 0 saturated heterocycles. The zero-order valence-electron chi connectivity index (χ0n) is 11.1. The summed E-state index contributed by atoms with van der Waals surface area (Å²) < 4.78 is 7.06. The van der Waals surface area contributed by atoms with Gasteiger partial charge in [-0.15, -0.1) is 5.10 Å². The number of thiazole rings is 1. The van der Waals surface area contributed by atoms with Crippen LogP contribution in [0.3, 0.4) is 0 Å². The number of furan rings is 1. The number of halogens is 1. The number of nitrogens with zero attached hydrogens (tertiary/aromatic N) is 3. The smallest absolute Gasteiger partial charge is 0.291 e. The van der Waals surface area contributed by atoms with Gasteiger partial charge in [-0.05, 0) is 36.4 Å². The minimum Gasteiger partial charge on any atom is -0.465 e. The lowest BCUT2D eigenvalue weighted by molar-refractivity contribution is 0.556. The van der Waals surface area contributed by atoms with Crippen LogP contribution < -0.4 is 10.1 Å². The Bertz CT molecular complexity index is 1050. The third kappa shape index (κ3) is 2.22. The molecule has 0 atom stereocenters. The van der Waals surface area contributed by atoms with E-state index in [1.165, 1.54) is 15.9 Å². The summed E-state index contributed by atoms with van der Waals surface area (Å²) in [5, 5.41) is 4.92. The molecule has 108 valence electrons. The van der Waals surface area contributed by atoms with Crippen LogP contribution in [0.5, 0.6) is 0 Å². The van der Waals surface area contributed by atoms with Gasteiger partial charge >= 0.3 is 0 Å². The second-order valence-corrected chi connectivity index (χ2v) is 6.01. The zero-order valence-corrected chi connectivity index (χ0v) is 12.6. The lowest BCUT2D eigenvalue weighted by Crippen LogP contribution is -2.23. The van der Waals surface area contributed by atoms with Crippen molar-refractivity contribution in [2.75, 3.05) is 0 Å². The van der Waals surface area contributed by atoms with E-state index in [0.717, 1.165) is 5.56 Å². The first-order valence-corrected chi connectivity index (χ1v) is 7.61. The van der Waals surface area contributed by atoms with Gasteiger partial charge in [-0.3, -0.25) is 4.79 Å². The van der Waals surface area contributed by atoms with Gasteiger partial charge in [0.15, 0.2) is 5.82 Å². The highest BCUT2D eigenvalue weighted by atomic mass is 35.5. The predicted octanol–water partition coefficient (Wildman–Crippen LogP) is 2.61. The van der Waals surface area contributed by atoms with E-state index in [2.05, 4.69) is 10.1 Å². The number of fused-ring (bicyclic) bond motifs is 1. The van der Waals surface area contributed by atoms with Gasteiger partial charge in [0.1, 0.15) is 10.3 Å². The minimum atomic E-state index is -0.205. The van der Waals surface area contributed by atoms with Crippen LogP contribution in [0.25, 0.3) is 22.4 Å². The summed E-state index contributed by atoms with van der Waals surface area (Å²) in [6.07, 6.45) is 3.25. The molecule has 0 saturated carbocycles. The van der Waals surface area contributed by atoms with E-state index in [4.69, 9.17) is 16.0 Å². The van der Waals surface area contributed by atoms with Crippen LogP contribution in [0.1, 0.15) is 5.76 Å². The molecule has 22 heavy (non-hydrogen) atoms. The average Bonchev–Trinajstić information content (AvgIpc) is 3.21. The fraction of sp³-hybridized carbons (Fsp3) is 0. The summed E-state index contributed by atoms with van der Waals surface area (Å²) in [6, 6.07) is 10.7. The zero-order chi connectivity index (χ0) is 15.1. The van der Waals surface area contributed by atoms with Crippen molar-refractivity contribution in [3.63, 3.8) is 0 Å². The number of hydrogen-bond donors (Lipinski definition) is 0. The molecule has 4 rings (SSSR count). The van der Waals surface area contributed by atoms with Gasteiger partial charge < -0.3 is 4.42 Å². The number of hydrogen-bond acceptors (Lipinski definition) is 5. The summed E-state index contributed by atoms with van der Waals surface area (Å²) in [7, 11) is 0. The molecular weight excluding hydrogens is 322 g/mol. The Balaban J connectivity index is 1.84. The summed E-state index contributed by atoms with van der Waals surface area (Å²) in [4.78, 5) is 17.3. The highest BCUT2D eigenvalue weighted by Gasteiger charge is 2.12. The Morgan fingerprint density at radius 1 is 1.23 bits per heavy atom. The average molecular weight is 330 g/mol. The molecule has 5 nitrogen and oxygen atoms in total. The molecule has 0 aliphatic rings. The molecule has 4 aromatic rings. The van der Waals surface area contributed by atoms with Gasteiger partial charge in [-0.25, -0.2) is 0 Å². The Labute approximate surface area is 133 Å². The van der Waals surface area contributed by atoms with Crippen LogP contribution in [0, 0.1) is 0 Å². The summed E-state index contributed by atoms with van der Waals surface area (Å²) in [6.45, 7) is 0. The first kappa shape index (κ1) is 13.2. The number of aromatic nitrogens is 3. The van der Waals surface area contributed by atoms with Crippen LogP contribution in [-0.2, 0) is 0 Å². The summed E-state index contributed by atoms with van der Waals surface area (Å²) in [5.41, 5.74) is 0.611. The summed E-state index contributed by atoms with van der Waals surface area (Å²) >= 11 is 7.14. The van der Waals surface area contributed by atoms with Gasteiger partial charge in [0, 0.05) is 16.7 Å². The Morgan fingerprint density at radius 2 is 2.05 bits per heavy atom. The number of benzene rings is 1. The van der Waals surface area contributed by atoms with Crippen molar-refractivity contribution < 1.29 is 4.42 Å². The Hall–Kier alpha value is -2.44.